The van der Waals surface area contributed by atoms with Crippen LogP contribution < -0.4 is 10.2 Å². The molecule has 1 N–H and O–H groups in total. The van der Waals surface area contributed by atoms with Gasteiger partial charge in [-0.3, -0.25) is 9.59 Å². The molecule has 2 aliphatic rings. The van der Waals surface area contributed by atoms with Crippen LogP contribution >= 0.6 is 11.6 Å². The summed E-state index contributed by atoms with van der Waals surface area (Å²) in [6.07, 6.45) is 1.86. The maximum atomic E-state index is 12.7. The lowest BCUT2D eigenvalue weighted by molar-refractivity contribution is -0.122. The Morgan fingerprint density at radius 3 is 2.42 bits per heavy atom. The Bertz CT molecular complexity index is 1110. The molecule has 2 aromatic rings. The predicted molar refractivity (Wildman–Crippen MR) is 120 cm³/mol. The van der Waals surface area contributed by atoms with Crippen LogP contribution in [0.1, 0.15) is 24.8 Å². The standard InChI is InChI=1S/C22H24ClN3O4S/c1-15-4-7-18(13-20(15)23)26-14-16(12-21(26)27)22(28)24-17-5-8-19(9-6-17)31(29,30)25-10-2-3-11-25/h4-9,13,16H,2-3,10-12,14H2,1H3,(H,24,28)/t16-/m0/s1. The molecule has 2 amide bonds. The van der Waals surface area contributed by atoms with Gasteiger partial charge in [0.15, 0.2) is 0 Å². The molecule has 2 aromatic carbocycles. The Morgan fingerprint density at radius 1 is 1.10 bits per heavy atom. The highest BCUT2D eigenvalue weighted by molar-refractivity contribution is 7.89. The molecule has 0 aliphatic carbocycles. The second kappa shape index (κ2) is 8.61. The summed E-state index contributed by atoms with van der Waals surface area (Å²) in [6, 6.07) is 11.6. The van der Waals surface area contributed by atoms with E-state index in [1.54, 1.807) is 23.1 Å². The normalized spacial score (nSPS) is 19.7. The lowest BCUT2D eigenvalue weighted by Gasteiger charge is -2.18. The number of carbonyl (C=O) groups is 2. The van der Waals surface area contributed by atoms with E-state index in [0.29, 0.717) is 29.5 Å². The predicted octanol–water partition coefficient (Wildman–Crippen LogP) is 3.42. The Hall–Kier alpha value is -2.42. The number of amides is 2. The van der Waals surface area contributed by atoms with Crippen LogP contribution in [0.5, 0.6) is 0 Å². The molecule has 0 aromatic heterocycles. The number of halogens is 1. The maximum absolute atomic E-state index is 12.7. The highest BCUT2D eigenvalue weighted by atomic mass is 35.5. The van der Waals surface area contributed by atoms with Crippen LogP contribution in [-0.4, -0.2) is 44.2 Å². The third kappa shape index (κ3) is 4.46. The molecule has 1 atom stereocenters. The van der Waals surface area contributed by atoms with Crippen LogP contribution in [0.3, 0.4) is 0 Å². The van der Waals surface area contributed by atoms with Gasteiger partial charge in [-0.2, -0.15) is 4.31 Å². The summed E-state index contributed by atoms with van der Waals surface area (Å²) in [5.74, 6) is -0.906. The summed E-state index contributed by atoms with van der Waals surface area (Å²) >= 11 is 6.17. The molecule has 2 heterocycles. The average molecular weight is 462 g/mol. The summed E-state index contributed by atoms with van der Waals surface area (Å²) in [5.41, 5.74) is 2.09. The fourth-order valence-corrected chi connectivity index (χ4v) is 5.61. The van der Waals surface area contributed by atoms with E-state index in [1.807, 2.05) is 19.1 Å². The number of hydrogen-bond donors (Lipinski definition) is 1. The molecule has 0 spiro atoms. The molecular weight excluding hydrogens is 438 g/mol. The average Bonchev–Trinajstić information content (AvgIpc) is 3.41. The van der Waals surface area contributed by atoms with E-state index < -0.39 is 15.9 Å². The summed E-state index contributed by atoms with van der Waals surface area (Å²) in [7, 11) is -3.49. The lowest BCUT2D eigenvalue weighted by Crippen LogP contribution is -2.28. The van der Waals surface area contributed by atoms with Gasteiger partial charge in [-0.1, -0.05) is 17.7 Å². The van der Waals surface area contributed by atoms with E-state index in [2.05, 4.69) is 5.32 Å². The summed E-state index contributed by atoms with van der Waals surface area (Å²) < 4.78 is 26.7. The monoisotopic (exact) mass is 461 g/mol. The molecule has 7 nitrogen and oxygen atoms in total. The van der Waals surface area contributed by atoms with Crippen molar-refractivity contribution in [1.29, 1.82) is 0 Å². The number of benzene rings is 2. The summed E-state index contributed by atoms with van der Waals surface area (Å²) in [5, 5.41) is 3.36. The zero-order chi connectivity index (χ0) is 22.2. The van der Waals surface area contributed by atoms with Crippen molar-refractivity contribution in [3.8, 4) is 0 Å². The zero-order valence-electron chi connectivity index (χ0n) is 17.2. The van der Waals surface area contributed by atoms with Gasteiger partial charge in [-0.15, -0.1) is 0 Å². The van der Waals surface area contributed by atoms with E-state index >= 15 is 0 Å². The number of aryl methyl sites for hydroxylation is 1. The number of nitrogens with zero attached hydrogens (tertiary/aromatic N) is 2. The van der Waals surface area contributed by atoms with Crippen molar-refractivity contribution in [2.24, 2.45) is 5.92 Å². The first-order valence-corrected chi connectivity index (χ1v) is 12.0. The molecule has 0 bridgehead atoms. The van der Waals surface area contributed by atoms with Gasteiger partial charge < -0.3 is 10.2 Å². The summed E-state index contributed by atoms with van der Waals surface area (Å²) in [4.78, 5) is 26.9. The summed E-state index contributed by atoms with van der Waals surface area (Å²) in [6.45, 7) is 3.24. The van der Waals surface area contributed by atoms with Gasteiger partial charge in [-0.05, 0) is 61.7 Å². The minimum Gasteiger partial charge on any atom is -0.326 e. The largest absolute Gasteiger partial charge is 0.326 e. The van der Waals surface area contributed by atoms with Crippen molar-refractivity contribution in [2.75, 3.05) is 29.9 Å². The number of carbonyl (C=O) groups excluding carboxylic acids is 2. The molecule has 164 valence electrons. The van der Waals surface area contributed by atoms with Gasteiger partial charge in [-0.25, -0.2) is 8.42 Å². The van der Waals surface area contributed by atoms with Crippen LogP contribution in [-0.2, 0) is 19.6 Å². The van der Waals surface area contributed by atoms with E-state index in [9.17, 15) is 18.0 Å². The Balaban J connectivity index is 1.41. The maximum Gasteiger partial charge on any atom is 0.243 e. The molecule has 0 unspecified atom stereocenters. The van der Waals surface area contributed by atoms with Gasteiger partial charge >= 0.3 is 0 Å². The highest BCUT2D eigenvalue weighted by Crippen LogP contribution is 2.29. The van der Waals surface area contributed by atoms with Gasteiger partial charge in [0.2, 0.25) is 21.8 Å². The quantitative estimate of drug-likeness (QED) is 0.739. The van der Waals surface area contributed by atoms with Crippen molar-refractivity contribution in [2.45, 2.75) is 31.1 Å². The van der Waals surface area contributed by atoms with E-state index in [-0.39, 0.29) is 29.7 Å². The van der Waals surface area contributed by atoms with Crippen molar-refractivity contribution in [1.82, 2.24) is 4.31 Å². The fourth-order valence-electron chi connectivity index (χ4n) is 3.91. The second-order valence-corrected chi connectivity index (χ2v) is 10.3. The fraction of sp³-hybridized carbons (Fsp3) is 0.364. The molecule has 9 heteroatoms. The second-order valence-electron chi connectivity index (χ2n) is 7.96. The Labute approximate surface area is 187 Å². The zero-order valence-corrected chi connectivity index (χ0v) is 18.7. The number of hydrogen-bond acceptors (Lipinski definition) is 4. The van der Waals surface area contributed by atoms with Crippen molar-refractivity contribution < 1.29 is 18.0 Å². The molecule has 2 fully saturated rings. The van der Waals surface area contributed by atoms with Crippen LogP contribution in [0.15, 0.2) is 47.4 Å². The number of nitrogens with one attached hydrogen (secondary N) is 1. The molecule has 2 saturated heterocycles. The van der Waals surface area contributed by atoms with Crippen molar-refractivity contribution in [3.05, 3.63) is 53.1 Å². The van der Waals surface area contributed by atoms with E-state index in [4.69, 9.17) is 11.6 Å². The minimum atomic E-state index is -3.49. The van der Waals surface area contributed by atoms with Crippen LogP contribution in [0.25, 0.3) is 0 Å². The van der Waals surface area contributed by atoms with Gasteiger partial charge in [0, 0.05) is 42.5 Å². The van der Waals surface area contributed by atoms with Crippen LogP contribution in [0.4, 0.5) is 11.4 Å². The number of sulfonamides is 1. The van der Waals surface area contributed by atoms with Gasteiger partial charge in [0.1, 0.15) is 0 Å². The van der Waals surface area contributed by atoms with Crippen LogP contribution in [0.2, 0.25) is 5.02 Å². The Kier molecular flexibility index (Phi) is 6.05. The first-order valence-electron chi connectivity index (χ1n) is 10.2. The van der Waals surface area contributed by atoms with E-state index in [0.717, 1.165) is 18.4 Å². The molecule has 31 heavy (non-hydrogen) atoms. The molecular formula is C22H24ClN3O4S. The van der Waals surface area contributed by atoms with Crippen LogP contribution in [0, 0.1) is 12.8 Å². The highest BCUT2D eigenvalue weighted by Gasteiger charge is 2.35. The third-order valence-corrected chi connectivity index (χ3v) is 8.11. The third-order valence-electron chi connectivity index (χ3n) is 5.79. The molecule has 0 radical (unpaired) electrons. The molecule has 4 rings (SSSR count). The number of rotatable bonds is 5. The molecule has 2 aliphatic heterocycles. The first kappa shape index (κ1) is 21.8. The number of anilines is 2. The van der Waals surface area contributed by atoms with E-state index in [1.165, 1.54) is 16.4 Å². The smallest absolute Gasteiger partial charge is 0.243 e. The van der Waals surface area contributed by atoms with Crippen molar-refractivity contribution >= 4 is 44.8 Å². The lowest BCUT2D eigenvalue weighted by atomic mass is 10.1. The first-order chi connectivity index (χ1) is 14.8. The van der Waals surface area contributed by atoms with Crippen molar-refractivity contribution in [3.63, 3.8) is 0 Å². The SMILES string of the molecule is Cc1ccc(N2C[C@@H](C(=O)Nc3ccc(S(=O)(=O)N4CCCC4)cc3)CC2=O)cc1Cl. The van der Waals surface area contributed by atoms with Gasteiger partial charge in [0.05, 0.1) is 10.8 Å². The van der Waals surface area contributed by atoms with Gasteiger partial charge in [0.25, 0.3) is 0 Å². The Morgan fingerprint density at radius 2 is 1.77 bits per heavy atom. The topological polar surface area (TPSA) is 86.8 Å². The molecule has 0 saturated carbocycles. The minimum absolute atomic E-state index is 0.110.